The molecule has 2 atom stereocenters. The van der Waals surface area contributed by atoms with Gasteiger partial charge in [0.15, 0.2) is 0 Å². The Bertz CT molecular complexity index is 394. The van der Waals surface area contributed by atoms with Crippen LogP contribution in [0.3, 0.4) is 0 Å². The topological polar surface area (TPSA) is 38.3 Å². The van der Waals surface area contributed by atoms with E-state index in [2.05, 4.69) is 28.2 Å². The number of amides is 1. The Labute approximate surface area is 114 Å². The molecule has 94 valence electrons. The highest BCUT2D eigenvalue weighted by molar-refractivity contribution is 9.10. The van der Waals surface area contributed by atoms with Crippen LogP contribution in [-0.4, -0.2) is 18.6 Å². The highest BCUT2D eigenvalue weighted by Gasteiger charge is 2.32. The van der Waals surface area contributed by atoms with E-state index in [0.717, 1.165) is 22.2 Å². The van der Waals surface area contributed by atoms with Crippen LogP contribution in [0.15, 0.2) is 15.9 Å². The standard InChI is InChI=1S/C12H16BrNO2S/c1-2-11-10(3-4-16-11)12(15)14-6-9-5-8(13)7-17-9/h5,7,10-11H,2-4,6H2,1H3,(H,14,15). The number of thiophene rings is 1. The van der Waals surface area contributed by atoms with Crippen LogP contribution in [-0.2, 0) is 16.1 Å². The lowest BCUT2D eigenvalue weighted by Crippen LogP contribution is -2.34. The first-order valence-electron chi connectivity index (χ1n) is 5.83. The largest absolute Gasteiger partial charge is 0.377 e. The fourth-order valence-electron chi connectivity index (χ4n) is 2.10. The zero-order chi connectivity index (χ0) is 12.3. The van der Waals surface area contributed by atoms with Crippen molar-refractivity contribution in [2.75, 3.05) is 6.61 Å². The molecule has 0 bridgehead atoms. The van der Waals surface area contributed by atoms with Gasteiger partial charge in [0.25, 0.3) is 0 Å². The van der Waals surface area contributed by atoms with E-state index in [4.69, 9.17) is 4.74 Å². The van der Waals surface area contributed by atoms with Crippen LogP contribution in [0.25, 0.3) is 0 Å². The third-order valence-corrected chi connectivity index (χ3v) is 4.70. The normalized spacial score (nSPS) is 23.9. The Kier molecular flexibility index (Phi) is 4.59. The fourth-order valence-corrected chi connectivity index (χ4v) is 3.49. The summed E-state index contributed by atoms with van der Waals surface area (Å²) < 4.78 is 6.60. The second-order valence-corrected chi connectivity index (χ2v) is 6.07. The average Bonchev–Trinajstić information content (AvgIpc) is 2.94. The van der Waals surface area contributed by atoms with Crippen LogP contribution >= 0.6 is 27.3 Å². The molecule has 0 saturated carbocycles. The lowest BCUT2D eigenvalue weighted by molar-refractivity contribution is -0.126. The van der Waals surface area contributed by atoms with Crippen LogP contribution in [0, 0.1) is 5.92 Å². The Morgan fingerprint density at radius 3 is 3.18 bits per heavy atom. The second kappa shape index (κ2) is 5.98. The van der Waals surface area contributed by atoms with E-state index < -0.39 is 0 Å². The van der Waals surface area contributed by atoms with E-state index >= 15 is 0 Å². The quantitative estimate of drug-likeness (QED) is 0.927. The molecule has 1 aromatic heterocycles. The van der Waals surface area contributed by atoms with Crippen molar-refractivity contribution in [2.45, 2.75) is 32.4 Å². The molecule has 1 saturated heterocycles. The summed E-state index contributed by atoms with van der Waals surface area (Å²) in [7, 11) is 0. The van der Waals surface area contributed by atoms with Gasteiger partial charge in [-0.2, -0.15) is 0 Å². The van der Waals surface area contributed by atoms with Crippen LogP contribution in [0.2, 0.25) is 0 Å². The molecule has 2 unspecified atom stereocenters. The Balaban J connectivity index is 1.84. The van der Waals surface area contributed by atoms with Crippen LogP contribution in [0.5, 0.6) is 0 Å². The van der Waals surface area contributed by atoms with Crippen molar-refractivity contribution in [1.82, 2.24) is 5.32 Å². The van der Waals surface area contributed by atoms with Crippen molar-refractivity contribution < 1.29 is 9.53 Å². The molecule has 1 N–H and O–H groups in total. The SMILES string of the molecule is CCC1OCCC1C(=O)NCc1cc(Br)cs1. The highest BCUT2D eigenvalue weighted by atomic mass is 79.9. The number of hydrogen-bond acceptors (Lipinski definition) is 3. The van der Waals surface area contributed by atoms with Crippen LogP contribution < -0.4 is 5.32 Å². The highest BCUT2D eigenvalue weighted by Crippen LogP contribution is 2.24. The van der Waals surface area contributed by atoms with Gasteiger partial charge in [-0.15, -0.1) is 11.3 Å². The molecule has 3 nitrogen and oxygen atoms in total. The van der Waals surface area contributed by atoms with Crippen molar-refractivity contribution in [3.63, 3.8) is 0 Å². The molecule has 1 amide bonds. The molecular weight excluding hydrogens is 302 g/mol. The molecule has 2 heterocycles. The summed E-state index contributed by atoms with van der Waals surface area (Å²) in [5.74, 6) is 0.155. The van der Waals surface area contributed by atoms with E-state index in [0.29, 0.717) is 13.2 Å². The van der Waals surface area contributed by atoms with Gasteiger partial charge < -0.3 is 10.1 Å². The molecule has 2 rings (SSSR count). The molecule has 0 aliphatic carbocycles. The van der Waals surface area contributed by atoms with Gasteiger partial charge in [-0.1, -0.05) is 6.92 Å². The number of rotatable bonds is 4. The molecule has 1 fully saturated rings. The molecule has 1 aliphatic rings. The molecule has 0 spiro atoms. The first-order valence-corrected chi connectivity index (χ1v) is 7.50. The molecular formula is C12H16BrNO2S. The fraction of sp³-hybridized carbons (Fsp3) is 0.583. The van der Waals surface area contributed by atoms with Crippen molar-refractivity contribution in [1.29, 1.82) is 0 Å². The number of halogens is 1. The molecule has 17 heavy (non-hydrogen) atoms. The number of hydrogen-bond donors (Lipinski definition) is 1. The van der Waals surface area contributed by atoms with E-state index in [-0.39, 0.29) is 17.9 Å². The third kappa shape index (κ3) is 3.30. The zero-order valence-electron chi connectivity index (χ0n) is 9.74. The minimum absolute atomic E-state index is 0.0309. The molecule has 5 heteroatoms. The minimum atomic E-state index is 0.0309. The van der Waals surface area contributed by atoms with Gasteiger partial charge in [-0.25, -0.2) is 0 Å². The van der Waals surface area contributed by atoms with Gasteiger partial charge >= 0.3 is 0 Å². The summed E-state index contributed by atoms with van der Waals surface area (Å²) in [6.07, 6.45) is 1.85. The summed E-state index contributed by atoms with van der Waals surface area (Å²) >= 11 is 5.05. The third-order valence-electron chi connectivity index (χ3n) is 3.01. The molecule has 1 aliphatic heterocycles. The summed E-state index contributed by atoms with van der Waals surface area (Å²) in [4.78, 5) is 13.2. The number of carbonyl (C=O) groups excluding carboxylic acids is 1. The number of carbonyl (C=O) groups is 1. The Morgan fingerprint density at radius 1 is 1.71 bits per heavy atom. The smallest absolute Gasteiger partial charge is 0.226 e. The Morgan fingerprint density at radius 2 is 2.53 bits per heavy atom. The summed E-state index contributed by atoms with van der Waals surface area (Å²) in [6.45, 7) is 3.38. The van der Waals surface area contributed by atoms with Crippen LogP contribution in [0.4, 0.5) is 0 Å². The van der Waals surface area contributed by atoms with Crippen molar-refractivity contribution in [3.05, 3.63) is 20.8 Å². The monoisotopic (exact) mass is 317 g/mol. The van der Waals surface area contributed by atoms with Gasteiger partial charge in [-0.05, 0) is 34.8 Å². The molecule has 1 aromatic rings. The summed E-state index contributed by atoms with van der Waals surface area (Å²) in [5, 5.41) is 5.01. The predicted molar refractivity (Wildman–Crippen MR) is 72.0 cm³/mol. The van der Waals surface area contributed by atoms with E-state index in [1.165, 1.54) is 0 Å². The van der Waals surface area contributed by atoms with Crippen molar-refractivity contribution in [2.24, 2.45) is 5.92 Å². The van der Waals surface area contributed by atoms with Crippen molar-refractivity contribution in [3.8, 4) is 0 Å². The number of nitrogens with one attached hydrogen (secondary N) is 1. The summed E-state index contributed by atoms with van der Waals surface area (Å²) in [6, 6.07) is 2.04. The first kappa shape index (κ1) is 13.1. The maximum absolute atomic E-state index is 12.0. The van der Waals surface area contributed by atoms with Gasteiger partial charge in [0, 0.05) is 21.3 Å². The van der Waals surface area contributed by atoms with Gasteiger partial charge in [0.05, 0.1) is 18.6 Å². The van der Waals surface area contributed by atoms with Crippen LogP contribution in [0.1, 0.15) is 24.6 Å². The maximum Gasteiger partial charge on any atom is 0.226 e. The average molecular weight is 318 g/mol. The minimum Gasteiger partial charge on any atom is -0.377 e. The van der Waals surface area contributed by atoms with Gasteiger partial charge in [-0.3, -0.25) is 4.79 Å². The van der Waals surface area contributed by atoms with Gasteiger partial charge in [0.2, 0.25) is 5.91 Å². The zero-order valence-corrected chi connectivity index (χ0v) is 12.1. The van der Waals surface area contributed by atoms with Gasteiger partial charge in [0.1, 0.15) is 0 Å². The van der Waals surface area contributed by atoms with E-state index in [9.17, 15) is 4.79 Å². The Hall–Kier alpha value is -0.390. The van der Waals surface area contributed by atoms with E-state index in [1.807, 2.05) is 11.4 Å². The van der Waals surface area contributed by atoms with E-state index in [1.54, 1.807) is 11.3 Å². The lowest BCUT2D eigenvalue weighted by Gasteiger charge is -2.15. The second-order valence-electron chi connectivity index (χ2n) is 4.16. The van der Waals surface area contributed by atoms with Crippen molar-refractivity contribution >= 4 is 33.2 Å². The lowest BCUT2D eigenvalue weighted by atomic mass is 9.99. The predicted octanol–water partition coefficient (Wildman–Crippen LogP) is 2.94. The first-order chi connectivity index (χ1) is 8.20. The molecule has 0 radical (unpaired) electrons. The number of ether oxygens (including phenoxy) is 1. The maximum atomic E-state index is 12.0. The molecule has 0 aromatic carbocycles. The summed E-state index contributed by atoms with van der Waals surface area (Å²) in [5.41, 5.74) is 0.